The summed E-state index contributed by atoms with van der Waals surface area (Å²) in [5.41, 5.74) is 0. The lowest BCUT2D eigenvalue weighted by Gasteiger charge is -2.24. The molecule has 0 atom stereocenters. The van der Waals surface area contributed by atoms with Crippen LogP contribution in [0, 0.1) is 0 Å². The van der Waals surface area contributed by atoms with E-state index in [0.29, 0.717) is 24.1 Å². The second-order valence-electron chi connectivity index (χ2n) is 4.72. The maximum Gasteiger partial charge on any atom is 0.166 e. The van der Waals surface area contributed by atoms with Crippen molar-refractivity contribution in [1.82, 2.24) is 10.6 Å². The average Bonchev–Trinajstić information content (AvgIpc) is 2.25. The molecule has 6 heteroatoms. The lowest BCUT2D eigenvalue weighted by atomic mass is 9.96. The van der Waals surface area contributed by atoms with Gasteiger partial charge in [0.1, 0.15) is 9.84 Å². The quantitative estimate of drug-likeness (QED) is 0.585. The van der Waals surface area contributed by atoms with Crippen LogP contribution in [0.5, 0.6) is 0 Å². The van der Waals surface area contributed by atoms with Gasteiger partial charge < -0.3 is 10.6 Å². The summed E-state index contributed by atoms with van der Waals surface area (Å²) >= 11 is 5.17. The highest BCUT2D eigenvalue weighted by Gasteiger charge is 2.13. The molecule has 0 aliphatic heterocycles. The van der Waals surface area contributed by atoms with Crippen molar-refractivity contribution < 1.29 is 8.42 Å². The molecule has 1 saturated carbocycles. The van der Waals surface area contributed by atoms with Crippen LogP contribution < -0.4 is 10.6 Å². The summed E-state index contributed by atoms with van der Waals surface area (Å²) in [6.07, 6.45) is 8.10. The van der Waals surface area contributed by atoms with Gasteiger partial charge in [-0.05, 0) is 31.5 Å². The van der Waals surface area contributed by atoms with Gasteiger partial charge in [-0.1, -0.05) is 19.3 Å². The van der Waals surface area contributed by atoms with Crippen molar-refractivity contribution in [2.24, 2.45) is 0 Å². The second kappa shape index (κ2) is 7.16. The van der Waals surface area contributed by atoms with E-state index in [4.69, 9.17) is 12.2 Å². The number of nitrogens with one attached hydrogen (secondary N) is 2. The highest BCUT2D eigenvalue weighted by molar-refractivity contribution is 7.90. The molecule has 0 heterocycles. The van der Waals surface area contributed by atoms with Crippen LogP contribution in [-0.4, -0.2) is 38.1 Å². The van der Waals surface area contributed by atoms with Crippen LogP contribution in [0.4, 0.5) is 0 Å². The third kappa shape index (κ3) is 7.54. The first kappa shape index (κ1) is 14.7. The fourth-order valence-corrected chi connectivity index (χ4v) is 2.96. The average molecular weight is 278 g/mol. The van der Waals surface area contributed by atoms with Gasteiger partial charge >= 0.3 is 0 Å². The zero-order valence-electron chi connectivity index (χ0n) is 10.4. The SMILES string of the molecule is CS(=O)(=O)CCCNC(=S)NC1CCCCC1. The number of rotatable bonds is 5. The Morgan fingerprint density at radius 3 is 2.53 bits per heavy atom. The Hall–Kier alpha value is -0.360. The molecule has 0 unspecified atom stereocenters. The molecule has 0 bridgehead atoms. The monoisotopic (exact) mass is 278 g/mol. The number of hydrogen-bond acceptors (Lipinski definition) is 3. The van der Waals surface area contributed by atoms with Crippen LogP contribution in [0.3, 0.4) is 0 Å². The van der Waals surface area contributed by atoms with Crippen molar-refractivity contribution in [2.75, 3.05) is 18.6 Å². The number of hydrogen-bond donors (Lipinski definition) is 2. The highest BCUT2D eigenvalue weighted by atomic mass is 32.2. The van der Waals surface area contributed by atoms with E-state index < -0.39 is 9.84 Å². The summed E-state index contributed by atoms with van der Waals surface area (Å²) in [6.45, 7) is 0.617. The van der Waals surface area contributed by atoms with Crippen LogP contribution >= 0.6 is 12.2 Å². The van der Waals surface area contributed by atoms with E-state index >= 15 is 0 Å². The molecular formula is C11H22N2O2S2. The second-order valence-corrected chi connectivity index (χ2v) is 7.39. The predicted molar refractivity (Wildman–Crippen MR) is 74.9 cm³/mol. The molecule has 1 aliphatic carbocycles. The highest BCUT2D eigenvalue weighted by Crippen LogP contribution is 2.17. The summed E-state index contributed by atoms with van der Waals surface area (Å²) in [5.74, 6) is 0.214. The number of sulfone groups is 1. The molecule has 100 valence electrons. The summed E-state index contributed by atoms with van der Waals surface area (Å²) in [5, 5.41) is 7.00. The standard InChI is InChI=1S/C11H22N2O2S2/c1-17(14,15)9-5-8-12-11(16)13-10-6-3-2-4-7-10/h10H,2-9H2,1H3,(H2,12,13,16). The fraction of sp³-hybridized carbons (Fsp3) is 0.909. The largest absolute Gasteiger partial charge is 0.363 e. The Morgan fingerprint density at radius 2 is 1.94 bits per heavy atom. The molecular weight excluding hydrogens is 256 g/mol. The maximum absolute atomic E-state index is 10.9. The van der Waals surface area contributed by atoms with Crippen molar-refractivity contribution in [3.8, 4) is 0 Å². The van der Waals surface area contributed by atoms with E-state index in [0.717, 1.165) is 0 Å². The molecule has 4 nitrogen and oxygen atoms in total. The first-order valence-corrected chi connectivity index (χ1v) is 8.66. The van der Waals surface area contributed by atoms with Gasteiger partial charge in [0.2, 0.25) is 0 Å². The van der Waals surface area contributed by atoms with E-state index in [9.17, 15) is 8.42 Å². The van der Waals surface area contributed by atoms with E-state index in [-0.39, 0.29) is 5.75 Å². The lowest BCUT2D eigenvalue weighted by Crippen LogP contribution is -2.43. The van der Waals surface area contributed by atoms with E-state index in [1.165, 1.54) is 38.4 Å². The minimum atomic E-state index is -2.85. The van der Waals surface area contributed by atoms with Crippen molar-refractivity contribution in [3.05, 3.63) is 0 Å². The predicted octanol–water partition coefficient (Wildman–Crippen LogP) is 1.22. The molecule has 0 radical (unpaired) electrons. The van der Waals surface area contributed by atoms with Gasteiger partial charge in [0.25, 0.3) is 0 Å². The van der Waals surface area contributed by atoms with Gasteiger partial charge in [0.15, 0.2) is 5.11 Å². The van der Waals surface area contributed by atoms with Gasteiger partial charge in [-0.15, -0.1) is 0 Å². The molecule has 1 fully saturated rings. The molecule has 1 rings (SSSR count). The van der Waals surface area contributed by atoms with E-state index in [1.54, 1.807) is 0 Å². The van der Waals surface area contributed by atoms with Crippen LogP contribution in [0.2, 0.25) is 0 Å². The van der Waals surface area contributed by atoms with Crippen molar-refractivity contribution in [1.29, 1.82) is 0 Å². The van der Waals surface area contributed by atoms with Crippen molar-refractivity contribution >= 4 is 27.2 Å². The minimum Gasteiger partial charge on any atom is -0.363 e. The van der Waals surface area contributed by atoms with Gasteiger partial charge in [0, 0.05) is 18.8 Å². The molecule has 0 aromatic rings. The van der Waals surface area contributed by atoms with Gasteiger partial charge in [-0.3, -0.25) is 0 Å². The van der Waals surface area contributed by atoms with Gasteiger partial charge in [-0.2, -0.15) is 0 Å². The minimum absolute atomic E-state index is 0.214. The summed E-state index contributed by atoms with van der Waals surface area (Å²) in [7, 11) is -2.85. The lowest BCUT2D eigenvalue weighted by molar-refractivity contribution is 0.412. The Morgan fingerprint density at radius 1 is 1.29 bits per heavy atom. The molecule has 17 heavy (non-hydrogen) atoms. The number of thiocarbonyl (C=S) groups is 1. The fourth-order valence-electron chi connectivity index (χ4n) is 2.02. The smallest absolute Gasteiger partial charge is 0.166 e. The van der Waals surface area contributed by atoms with E-state index in [1.807, 2.05) is 0 Å². The Bertz CT molecular complexity index is 335. The van der Waals surface area contributed by atoms with Crippen LogP contribution in [0.25, 0.3) is 0 Å². The van der Waals surface area contributed by atoms with Gasteiger partial charge in [-0.25, -0.2) is 8.42 Å². The molecule has 1 aliphatic rings. The summed E-state index contributed by atoms with van der Waals surface area (Å²) in [6, 6.07) is 0.499. The van der Waals surface area contributed by atoms with Crippen LogP contribution in [-0.2, 0) is 9.84 Å². The molecule has 0 aromatic carbocycles. The third-order valence-corrected chi connectivity index (χ3v) is 4.21. The maximum atomic E-state index is 10.9. The van der Waals surface area contributed by atoms with Crippen LogP contribution in [0.15, 0.2) is 0 Å². The summed E-state index contributed by atoms with van der Waals surface area (Å²) < 4.78 is 21.8. The molecule has 0 saturated heterocycles. The molecule has 0 aromatic heterocycles. The zero-order chi connectivity index (χ0) is 12.7. The summed E-state index contributed by atoms with van der Waals surface area (Å²) in [4.78, 5) is 0. The molecule has 0 amide bonds. The van der Waals surface area contributed by atoms with Gasteiger partial charge in [0.05, 0.1) is 5.75 Å². The third-order valence-electron chi connectivity index (χ3n) is 2.92. The Kier molecular flexibility index (Phi) is 6.19. The first-order valence-electron chi connectivity index (χ1n) is 6.19. The van der Waals surface area contributed by atoms with E-state index in [2.05, 4.69) is 10.6 Å². The van der Waals surface area contributed by atoms with Crippen molar-refractivity contribution in [3.63, 3.8) is 0 Å². The molecule has 0 spiro atoms. The zero-order valence-corrected chi connectivity index (χ0v) is 12.0. The topological polar surface area (TPSA) is 58.2 Å². The Balaban J connectivity index is 2.08. The Labute approximate surface area is 109 Å². The normalized spacial score (nSPS) is 17.7. The van der Waals surface area contributed by atoms with Crippen molar-refractivity contribution in [2.45, 2.75) is 44.6 Å². The first-order chi connectivity index (χ1) is 7.97. The molecule has 2 N–H and O–H groups in total. The van der Waals surface area contributed by atoms with Crippen LogP contribution in [0.1, 0.15) is 38.5 Å².